The average Bonchev–Trinajstić information content (AvgIpc) is 3.21. The van der Waals surface area contributed by atoms with Gasteiger partial charge in [-0.3, -0.25) is 0 Å². The van der Waals surface area contributed by atoms with Crippen LogP contribution < -0.4 is 4.74 Å². The first-order valence-electron chi connectivity index (χ1n) is 8.01. The first-order chi connectivity index (χ1) is 12.7. The molecule has 0 atom stereocenters. The number of hydrogen-bond donors (Lipinski definition) is 0. The highest BCUT2D eigenvalue weighted by Gasteiger charge is 2.13. The summed E-state index contributed by atoms with van der Waals surface area (Å²) in [6.07, 6.45) is 1.80. The number of fused-ring (bicyclic) bond motifs is 1. The van der Waals surface area contributed by atoms with Gasteiger partial charge in [0.05, 0.1) is 5.02 Å². The minimum absolute atomic E-state index is 0.227. The molecular formula is C18H14Cl2N4OS. The van der Waals surface area contributed by atoms with Crippen molar-refractivity contribution in [1.82, 2.24) is 19.8 Å². The summed E-state index contributed by atoms with van der Waals surface area (Å²) in [4.78, 5) is 0.758. The van der Waals surface area contributed by atoms with Crippen LogP contribution in [0.5, 0.6) is 5.75 Å². The lowest BCUT2D eigenvalue weighted by Crippen LogP contribution is -2.03. The van der Waals surface area contributed by atoms with Gasteiger partial charge in [-0.15, -0.1) is 10.2 Å². The van der Waals surface area contributed by atoms with Crippen molar-refractivity contribution in [3.05, 3.63) is 75.0 Å². The van der Waals surface area contributed by atoms with E-state index < -0.39 is 0 Å². The minimum atomic E-state index is 0.227. The highest BCUT2D eigenvalue weighted by Crippen LogP contribution is 2.28. The molecule has 2 aromatic heterocycles. The third-order valence-electron chi connectivity index (χ3n) is 3.82. The number of halogens is 2. The van der Waals surface area contributed by atoms with Gasteiger partial charge >= 0.3 is 0 Å². The van der Waals surface area contributed by atoms with Crippen LogP contribution >= 0.6 is 34.5 Å². The molecule has 0 bridgehead atoms. The molecule has 0 fully saturated rings. The second kappa shape index (κ2) is 7.61. The zero-order valence-electron chi connectivity index (χ0n) is 13.6. The van der Waals surface area contributed by atoms with Gasteiger partial charge in [0.15, 0.2) is 5.82 Å². The smallest absolute Gasteiger partial charge is 0.234 e. The zero-order valence-corrected chi connectivity index (χ0v) is 15.9. The molecule has 0 saturated heterocycles. The van der Waals surface area contributed by atoms with E-state index >= 15 is 0 Å². The van der Waals surface area contributed by atoms with Gasteiger partial charge in [0.2, 0.25) is 4.96 Å². The van der Waals surface area contributed by atoms with Crippen LogP contribution in [-0.2, 0) is 19.4 Å². The second-order valence-corrected chi connectivity index (χ2v) is 7.54. The summed E-state index contributed by atoms with van der Waals surface area (Å²) in [5.41, 5.74) is 1.29. The lowest BCUT2D eigenvalue weighted by molar-refractivity contribution is 0.293. The van der Waals surface area contributed by atoms with E-state index in [0.717, 1.165) is 22.8 Å². The Morgan fingerprint density at radius 2 is 1.85 bits per heavy atom. The van der Waals surface area contributed by atoms with Gasteiger partial charge in [-0.05, 0) is 30.2 Å². The molecule has 0 aliphatic rings. The lowest BCUT2D eigenvalue weighted by atomic mass is 10.1. The van der Waals surface area contributed by atoms with Gasteiger partial charge < -0.3 is 4.74 Å². The van der Waals surface area contributed by atoms with Gasteiger partial charge in [0.1, 0.15) is 17.4 Å². The molecule has 0 amide bonds. The predicted molar refractivity (Wildman–Crippen MR) is 103 cm³/mol. The van der Waals surface area contributed by atoms with E-state index in [2.05, 4.69) is 27.4 Å². The maximum atomic E-state index is 6.13. The minimum Gasteiger partial charge on any atom is -0.484 e. The second-order valence-electron chi connectivity index (χ2n) is 5.66. The topological polar surface area (TPSA) is 52.3 Å². The fourth-order valence-electron chi connectivity index (χ4n) is 2.52. The summed E-state index contributed by atoms with van der Waals surface area (Å²) in [6.45, 7) is 0.227. The molecule has 0 aliphatic heterocycles. The summed E-state index contributed by atoms with van der Waals surface area (Å²) in [6, 6.07) is 15.5. The van der Waals surface area contributed by atoms with Gasteiger partial charge in [0.25, 0.3) is 0 Å². The number of aryl methyl sites for hydroxylation is 2. The number of hydrogen-bond acceptors (Lipinski definition) is 5. The SMILES string of the molecule is Clc1ccc(OCc2nnc3sc(CCc4ccccc4)nn23)c(Cl)c1. The molecule has 0 spiro atoms. The average molecular weight is 405 g/mol. The van der Waals surface area contributed by atoms with E-state index in [1.54, 1.807) is 34.1 Å². The summed E-state index contributed by atoms with van der Waals surface area (Å²) < 4.78 is 7.46. The molecule has 2 heterocycles. The van der Waals surface area contributed by atoms with Crippen LogP contribution in [-0.4, -0.2) is 19.8 Å². The van der Waals surface area contributed by atoms with Crippen LogP contribution in [0.4, 0.5) is 0 Å². The van der Waals surface area contributed by atoms with Crippen molar-refractivity contribution in [2.75, 3.05) is 0 Å². The van der Waals surface area contributed by atoms with Crippen LogP contribution in [0.1, 0.15) is 16.4 Å². The third kappa shape index (κ3) is 3.82. The fourth-order valence-corrected chi connectivity index (χ4v) is 3.83. The maximum absolute atomic E-state index is 6.13. The van der Waals surface area contributed by atoms with E-state index in [1.807, 2.05) is 18.2 Å². The molecular weight excluding hydrogens is 391 g/mol. The molecule has 0 radical (unpaired) electrons. The van der Waals surface area contributed by atoms with E-state index in [0.29, 0.717) is 21.6 Å². The van der Waals surface area contributed by atoms with Gasteiger partial charge in [-0.1, -0.05) is 64.9 Å². The largest absolute Gasteiger partial charge is 0.484 e. The van der Waals surface area contributed by atoms with Crippen LogP contribution in [0.3, 0.4) is 0 Å². The third-order valence-corrected chi connectivity index (χ3v) is 5.31. The van der Waals surface area contributed by atoms with Gasteiger partial charge in [-0.25, -0.2) is 0 Å². The molecule has 0 N–H and O–H groups in total. The summed E-state index contributed by atoms with van der Waals surface area (Å²) in [5.74, 6) is 1.18. The Labute approximate surface area is 164 Å². The lowest BCUT2D eigenvalue weighted by Gasteiger charge is -2.06. The van der Waals surface area contributed by atoms with Crippen molar-refractivity contribution in [3.63, 3.8) is 0 Å². The van der Waals surface area contributed by atoms with Crippen molar-refractivity contribution in [2.24, 2.45) is 0 Å². The molecule has 26 heavy (non-hydrogen) atoms. The number of nitrogens with zero attached hydrogens (tertiary/aromatic N) is 4. The fraction of sp³-hybridized carbons (Fsp3) is 0.167. The molecule has 8 heteroatoms. The Hall–Kier alpha value is -2.15. The molecule has 0 saturated carbocycles. The highest BCUT2D eigenvalue weighted by molar-refractivity contribution is 7.16. The number of aromatic nitrogens is 4. The normalized spacial score (nSPS) is 11.2. The van der Waals surface area contributed by atoms with Gasteiger partial charge in [0, 0.05) is 11.4 Å². The quantitative estimate of drug-likeness (QED) is 0.460. The van der Waals surface area contributed by atoms with E-state index in [9.17, 15) is 0 Å². The molecule has 2 aromatic carbocycles. The molecule has 4 aromatic rings. The zero-order chi connectivity index (χ0) is 17.9. The summed E-state index contributed by atoms with van der Waals surface area (Å²) in [5, 5.41) is 15.0. The van der Waals surface area contributed by atoms with Crippen molar-refractivity contribution < 1.29 is 4.74 Å². The molecule has 5 nitrogen and oxygen atoms in total. The summed E-state index contributed by atoms with van der Waals surface area (Å²) >= 11 is 13.6. The first kappa shape index (κ1) is 17.3. The van der Waals surface area contributed by atoms with Crippen molar-refractivity contribution in [1.29, 1.82) is 0 Å². The first-order valence-corrected chi connectivity index (χ1v) is 9.58. The number of rotatable bonds is 6. The van der Waals surface area contributed by atoms with Crippen LogP contribution in [0.15, 0.2) is 48.5 Å². The standard InChI is InChI=1S/C18H14Cl2N4OS/c19-13-7-8-15(14(20)10-13)25-11-16-21-22-18-24(16)23-17(26-18)9-6-12-4-2-1-3-5-12/h1-5,7-8,10H,6,9,11H2. The monoisotopic (exact) mass is 404 g/mol. The van der Waals surface area contributed by atoms with E-state index in [-0.39, 0.29) is 6.61 Å². The molecule has 4 rings (SSSR count). The Morgan fingerprint density at radius 3 is 2.65 bits per heavy atom. The summed E-state index contributed by atoms with van der Waals surface area (Å²) in [7, 11) is 0. The molecule has 0 unspecified atom stereocenters. The maximum Gasteiger partial charge on any atom is 0.234 e. The van der Waals surface area contributed by atoms with Crippen molar-refractivity contribution >= 4 is 39.5 Å². The van der Waals surface area contributed by atoms with E-state index in [1.165, 1.54) is 5.56 Å². The van der Waals surface area contributed by atoms with E-state index in [4.69, 9.17) is 27.9 Å². The predicted octanol–water partition coefficient (Wildman–Crippen LogP) is 4.86. The van der Waals surface area contributed by atoms with Crippen LogP contribution in [0.2, 0.25) is 10.0 Å². The Kier molecular flexibility index (Phi) is 5.06. The highest BCUT2D eigenvalue weighted by atomic mass is 35.5. The molecule has 132 valence electrons. The Morgan fingerprint density at radius 1 is 1.00 bits per heavy atom. The van der Waals surface area contributed by atoms with Crippen LogP contribution in [0.25, 0.3) is 4.96 Å². The number of ether oxygens (including phenoxy) is 1. The Balaban J connectivity index is 1.45. The van der Waals surface area contributed by atoms with Crippen molar-refractivity contribution in [3.8, 4) is 5.75 Å². The van der Waals surface area contributed by atoms with Crippen LogP contribution in [0, 0.1) is 0 Å². The van der Waals surface area contributed by atoms with Crippen molar-refractivity contribution in [2.45, 2.75) is 19.4 Å². The van der Waals surface area contributed by atoms with Gasteiger partial charge in [-0.2, -0.15) is 9.61 Å². The Bertz CT molecular complexity index is 1030. The number of benzene rings is 2. The molecule has 0 aliphatic carbocycles.